The fourth-order valence-corrected chi connectivity index (χ4v) is 1.78. The fourth-order valence-electron chi connectivity index (χ4n) is 1.78. The van der Waals surface area contributed by atoms with Crippen molar-refractivity contribution in [2.24, 2.45) is 5.41 Å². The number of hydrogen-bond acceptors (Lipinski definition) is 3. The smallest absolute Gasteiger partial charge is 0.380 e. The molecule has 1 fully saturated rings. The van der Waals surface area contributed by atoms with Crippen LogP contribution in [-0.4, -0.2) is 50.7 Å². The monoisotopic (exact) mass is 225 g/mol. The summed E-state index contributed by atoms with van der Waals surface area (Å²) in [4.78, 5) is 12.0. The van der Waals surface area contributed by atoms with Crippen LogP contribution in [0.5, 0.6) is 0 Å². The van der Waals surface area contributed by atoms with Crippen molar-refractivity contribution in [2.75, 3.05) is 33.4 Å². The van der Waals surface area contributed by atoms with Gasteiger partial charge in [0.25, 0.3) is 0 Å². The molecule has 1 rings (SSSR count). The standard InChI is InChI=1S/C9H14F3NO2/c1-13(5-9(10,11)12)4-8(6-14)2-3-15-7-8/h6H,2-5,7H2,1H3. The van der Waals surface area contributed by atoms with Gasteiger partial charge in [-0.3, -0.25) is 4.90 Å². The molecule has 0 saturated carbocycles. The maximum Gasteiger partial charge on any atom is 0.401 e. The molecule has 0 radical (unpaired) electrons. The Morgan fingerprint density at radius 1 is 1.53 bits per heavy atom. The van der Waals surface area contributed by atoms with Crippen LogP contribution in [0, 0.1) is 5.41 Å². The molecule has 0 aromatic rings. The molecular weight excluding hydrogens is 211 g/mol. The average molecular weight is 225 g/mol. The largest absolute Gasteiger partial charge is 0.401 e. The van der Waals surface area contributed by atoms with E-state index in [1.807, 2.05) is 0 Å². The summed E-state index contributed by atoms with van der Waals surface area (Å²) in [5.41, 5.74) is -0.750. The van der Waals surface area contributed by atoms with Gasteiger partial charge in [0.2, 0.25) is 0 Å². The summed E-state index contributed by atoms with van der Waals surface area (Å²) in [7, 11) is 1.36. The van der Waals surface area contributed by atoms with Crippen molar-refractivity contribution in [2.45, 2.75) is 12.6 Å². The van der Waals surface area contributed by atoms with Crippen molar-refractivity contribution in [1.29, 1.82) is 0 Å². The van der Waals surface area contributed by atoms with Gasteiger partial charge in [0.1, 0.15) is 6.29 Å². The maximum atomic E-state index is 12.0. The second-order valence-corrected chi connectivity index (χ2v) is 4.07. The predicted octanol–water partition coefficient (Wildman–Crippen LogP) is 1.09. The first-order valence-corrected chi connectivity index (χ1v) is 4.66. The number of alkyl halides is 3. The molecule has 1 aliphatic heterocycles. The number of carbonyl (C=O) groups is 1. The first-order valence-electron chi connectivity index (χ1n) is 4.66. The third-order valence-corrected chi connectivity index (χ3v) is 2.42. The Labute approximate surface area is 86.2 Å². The maximum absolute atomic E-state index is 12.0. The minimum absolute atomic E-state index is 0.0933. The summed E-state index contributed by atoms with van der Waals surface area (Å²) >= 11 is 0. The Balaban J connectivity index is 2.48. The summed E-state index contributed by atoms with van der Waals surface area (Å²) in [6.45, 7) is -0.240. The van der Waals surface area contributed by atoms with Gasteiger partial charge in [0.15, 0.2) is 0 Å². The minimum atomic E-state index is -4.22. The van der Waals surface area contributed by atoms with E-state index in [4.69, 9.17) is 4.74 Å². The Morgan fingerprint density at radius 2 is 2.20 bits per heavy atom. The molecule has 0 aliphatic carbocycles. The highest BCUT2D eigenvalue weighted by Gasteiger charge is 2.38. The van der Waals surface area contributed by atoms with E-state index in [0.29, 0.717) is 19.3 Å². The van der Waals surface area contributed by atoms with Crippen molar-refractivity contribution >= 4 is 6.29 Å². The summed E-state index contributed by atoms with van der Waals surface area (Å²) in [5, 5.41) is 0. The zero-order valence-electron chi connectivity index (χ0n) is 8.51. The van der Waals surface area contributed by atoms with Gasteiger partial charge in [-0.15, -0.1) is 0 Å². The van der Waals surface area contributed by atoms with E-state index in [2.05, 4.69) is 0 Å². The number of halogens is 3. The second kappa shape index (κ2) is 4.49. The summed E-state index contributed by atoms with van der Waals surface area (Å²) < 4.78 is 41.2. The van der Waals surface area contributed by atoms with Gasteiger partial charge in [0, 0.05) is 13.2 Å². The van der Waals surface area contributed by atoms with Crippen LogP contribution in [0.2, 0.25) is 0 Å². The number of rotatable bonds is 4. The molecule has 0 aromatic heterocycles. The van der Waals surface area contributed by atoms with Crippen LogP contribution in [0.25, 0.3) is 0 Å². The first-order chi connectivity index (χ1) is 6.87. The SMILES string of the molecule is CN(CC(F)(F)F)CC1(C=O)CCOC1. The van der Waals surface area contributed by atoms with E-state index in [1.165, 1.54) is 7.05 Å². The van der Waals surface area contributed by atoms with Gasteiger partial charge in [-0.1, -0.05) is 0 Å². The quantitative estimate of drug-likeness (QED) is 0.671. The molecule has 1 unspecified atom stereocenters. The zero-order valence-corrected chi connectivity index (χ0v) is 8.51. The normalized spacial score (nSPS) is 27.3. The summed E-state index contributed by atoms with van der Waals surface area (Å²) in [6.07, 6.45) is -3.01. The number of aldehydes is 1. The highest BCUT2D eigenvalue weighted by Crippen LogP contribution is 2.28. The van der Waals surface area contributed by atoms with E-state index >= 15 is 0 Å². The van der Waals surface area contributed by atoms with Crippen LogP contribution in [0.4, 0.5) is 13.2 Å². The van der Waals surface area contributed by atoms with Crippen LogP contribution in [0.1, 0.15) is 6.42 Å². The molecule has 0 N–H and O–H groups in total. The van der Waals surface area contributed by atoms with Crippen molar-refractivity contribution in [1.82, 2.24) is 4.90 Å². The van der Waals surface area contributed by atoms with Crippen molar-refractivity contribution in [3.63, 3.8) is 0 Å². The summed E-state index contributed by atoms with van der Waals surface area (Å²) in [5.74, 6) is 0. The molecule has 3 nitrogen and oxygen atoms in total. The molecule has 1 saturated heterocycles. The zero-order chi connectivity index (χ0) is 11.5. The van der Waals surface area contributed by atoms with Gasteiger partial charge in [-0.05, 0) is 13.5 Å². The third kappa shape index (κ3) is 3.79. The highest BCUT2D eigenvalue weighted by molar-refractivity contribution is 5.60. The van der Waals surface area contributed by atoms with Gasteiger partial charge in [-0.2, -0.15) is 13.2 Å². The van der Waals surface area contributed by atoms with Crippen LogP contribution >= 0.6 is 0 Å². The molecule has 88 valence electrons. The summed E-state index contributed by atoms with van der Waals surface area (Å²) in [6, 6.07) is 0. The topological polar surface area (TPSA) is 29.5 Å². The highest BCUT2D eigenvalue weighted by atomic mass is 19.4. The van der Waals surface area contributed by atoms with Crippen molar-refractivity contribution < 1.29 is 22.7 Å². The average Bonchev–Trinajstić information content (AvgIpc) is 2.50. The Bertz CT molecular complexity index is 224. The van der Waals surface area contributed by atoms with Crippen LogP contribution in [0.3, 0.4) is 0 Å². The molecular formula is C9H14F3NO2. The molecule has 0 spiro atoms. The van der Waals surface area contributed by atoms with Gasteiger partial charge < -0.3 is 9.53 Å². The Morgan fingerprint density at radius 3 is 2.60 bits per heavy atom. The van der Waals surface area contributed by atoms with Gasteiger partial charge in [0.05, 0.1) is 18.6 Å². The number of ether oxygens (including phenoxy) is 1. The van der Waals surface area contributed by atoms with E-state index in [1.54, 1.807) is 0 Å². The molecule has 1 heterocycles. The van der Waals surface area contributed by atoms with Gasteiger partial charge in [-0.25, -0.2) is 0 Å². The number of nitrogens with zero attached hydrogens (tertiary/aromatic N) is 1. The lowest BCUT2D eigenvalue weighted by atomic mass is 9.89. The molecule has 1 aliphatic rings. The predicted molar refractivity (Wildman–Crippen MR) is 47.5 cm³/mol. The van der Waals surface area contributed by atoms with Crippen LogP contribution in [0.15, 0.2) is 0 Å². The fraction of sp³-hybridized carbons (Fsp3) is 0.889. The van der Waals surface area contributed by atoms with E-state index in [-0.39, 0.29) is 13.2 Å². The lowest BCUT2D eigenvalue weighted by Crippen LogP contribution is -2.41. The first kappa shape index (κ1) is 12.4. The van der Waals surface area contributed by atoms with Crippen LogP contribution < -0.4 is 0 Å². The van der Waals surface area contributed by atoms with E-state index < -0.39 is 18.1 Å². The second-order valence-electron chi connectivity index (χ2n) is 4.07. The van der Waals surface area contributed by atoms with Crippen molar-refractivity contribution in [3.05, 3.63) is 0 Å². The molecule has 15 heavy (non-hydrogen) atoms. The van der Waals surface area contributed by atoms with E-state index in [0.717, 1.165) is 4.90 Å². The lowest BCUT2D eigenvalue weighted by Gasteiger charge is -2.27. The minimum Gasteiger partial charge on any atom is -0.380 e. The van der Waals surface area contributed by atoms with E-state index in [9.17, 15) is 18.0 Å². The molecule has 1 atom stereocenters. The molecule has 0 amide bonds. The third-order valence-electron chi connectivity index (χ3n) is 2.42. The Kier molecular flexibility index (Phi) is 3.72. The van der Waals surface area contributed by atoms with Crippen molar-refractivity contribution in [3.8, 4) is 0 Å². The van der Waals surface area contributed by atoms with Gasteiger partial charge >= 0.3 is 6.18 Å². The number of carbonyl (C=O) groups excluding carboxylic acids is 1. The van der Waals surface area contributed by atoms with Crippen LogP contribution in [-0.2, 0) is 9.53 Å². The number of hydrogen-bond donors (Lipinski definition) is 0. The molecule has 0 aromatic carbocycles. The molecule has 0 bridgehead atoms. The molecule has 6 heteroatoms. The lowest BCUT2D eigenvalue weighted by molar-refractivity contribution is -0.147. The Hall–Kier alpha value is -0.620.